The van der Waals surface area contributed by atoms with E-state index in [0.29, 0.717) is 6.04 Å². The Morgan fingerprint density at radius 2 is 2.17 bits per heavy atom. The quantitative estimate of drug-likeness (QED) is 0.635. The average Bonchev–Trinajstić information content (AvgIpc) is 2.49. The summed E-state index contributed by atoms with van der Waals surface area (Å²) in [5, 5.41) is 8.84. The molecule has 2 heterocycles. The molecule has 0 aromatic carbocycles. The fourth-order valence-corrected chi connectivity index (χ4v) is 2.45. The van der Waals surface area contributed by atoms with E-state index in [0.717, 1.165) is 19.4 Å². The summed E-state index contributed by atoms with van der Waals surface area (Å²) >= 11 is 0. The second-order valence-electron chi connectivity index (χ2n) is 3.89. The van der Waals surface area contributed by atoms with Gasteiger partial charge in [0.15, 0.2) is 0 Å². The lowest BCUT2D eigenvalue weighted by atomic mass is 9.91. The van der Waals surface area contributed by atoms with Crippen LogP contribution in [0.25, 0.3) is 0 Å². The molecule has 0 unspecified atom stereocenters. The van der Waals surface area contributed by atoms with Gasteiger partial charge in [0, 0.05) is 6.04 Å². The zero-order valence-corrected chi connectivity index (χ0v) is 7.20. The molecule has 12 heavy (non-hydrogen) atoms. The molecular weight excluding hydrogens is 154 g/mol. The Balaban J connectivity index is 1.96. The maximum Gasteiger partial charge on any atom is 0.306 e. The molecule has 68 valence electrons. The van der Waals surface area contributed by atoms with Crippen LogP contribution in [0.15, 0.2) is 0 Å². The SMILES string of the molecule is O=C(O)[C@@H]1CCN2CCC[C@@H]2C1. The summed E-state index contributed by atoms with van der Waals surface area (Å²) in [5.41, 5.74) is 0. The van der Waals surface area contributed by atoms with Gasteiger partial charge < -0.3 is 10.0 Å². The molecule has 2 atom stereocenters. The Kier molecular flexibility index (Phi) is 2.05. The molecule has 2 rings (SSSR count). The summed E-state index contributed by atoms with van der Waals surface area (Å²) in [6.07, 6.45) is 4.21. The van der Waals surface area contributed by atoms with E-state index >= 15 is 0 Å². The summed E-state index contributed by atoms with van der Waals surface area (Å²) in [5.74, 6) is -0.661. The van der Waals surface area contributed by atoms with Gasteiger partial charge in [0.05, 0.1) is 5.92 Å². The van der Waals surface area contributed by atoms with Crippen LogP contribution in [-0.2, 0) is 4.79 Å². The highest BCUT2D eigenvalue weighted by atomic mass is 16.4. The van der Waals surface area contributed by atoms with Gasteiger partial charge >= 0.3 is 5.97 Å². The Morgan fingerprint density at radius 3 is 2.92 bits per heavy atom. The van der Waals surface area contributed by atoms with Crippen LogP contribution in [-0.4, -0.2) is 35.1 Å². The number of carboxylic acids is 1. The molecule has 0 aromatic rings. The number of aliphatic carboxylic acids is 1. The first-order valence-corrected chi connectivity index (χ1v) is 4.74. The van der Waals surface area contributed by atoms with E-state index in [9.17, 15) is 4.79 Å². The number of carboxylic acid groups (broad SMARTS) is 1. The van der Waals surface area contributed by atoms with E-state index in [-0.39, 0.29) is 5.92 Å². The molecule has 3 nitrogen and oxygen atoms in total. The second-order valence-corrected chi connectivity index (χ2v) is 3.89. The molecule has 0 spiro atoms. The molecule has 2 fully saturated rings. The fraction of sp³-hybridized carbons (Fsp3) is 0.889. The van der Waals surface area contributed by atoms with Gasteiger partial charge in [-0.3, -0.25) is 4.79 Å². The Labute approximate surface area is 72.4 Å². The number of carbonyl (C=O) groups is 1. The zero-order valence-electron chi connectivity index (χ0n) is 7.20. The predicted octanol–water partition coefficient (Wildman–Crippen LogP) is 0.945. The molecule has 2 saturated heterocycles. The van der Waals surface area contributed by atoms with Crippen LogP contribution in [0.4, 0.5) is 0 Å². The standard InChI is InChI=1S/C9H15NO2/c11-9(12)7-3-5-10-4-1-2-8(10)6-7/h7-8H,1-6H2,(H,11,12)/t7-,8-/m1/s1. The monoisotopic (exact) mass is 169 g/mol. The predicted molar refractivity (Wildman–Crippen MR) is 45.0 cm³/mol. The largest absolute Gasteiger partial charge is 0.481 e. The maximum absolute atomic E-state index is 10.7. The highest BCUT2D eigenvalue weighted by molar-refractivity contribution is 5.70. The van der Waals surface area contributed by atoms with Crippen molar-refractivity contribution in [1.82, 2.24) is 4.90 Å². The topological polar surface area (TPSA) is 40.5 Å². The Bertz CT molecular complexity index is 193. The third-order valence-electron chi connectivity index (χ3n) is 3.17. The van der Waals surface area contributed by atoms with Crippen LogP contribution in [0.5, 0.6) is 0 Å². The molecule has 1 N–H and O–H groups in total. The number of fused-ring (bicyclic) bond motifs is 1. The van der Waals surface area contributed by atoms with Gasteiger partial charge in [0.25, 0.3) is 0 Å². The molecule has 0 saturated carbocycles. The Hall–Kier alpha value is -0.570. The van der Waals surface area contributed by atoms with Crippen molar-refractivity contribution in [3.63, 3.8) is 0 Å². The average molecular weight is 169 g/mol. The van der Waals surface area contributed by atoms with E-state index in [1.807, 2.05) is 0 Å². The van der Waals surface area contributed by atoms with E-state index in [1.165, 1.54) is 19.4 Å². The summed E-state index contributed by atoms with van der Waals surface area (Å²) < 4.78 is 0. The Morgan fingerprint density at radius 1 is 1.33 bits per heavy atom. The normalized spacial score (nSPS) is 36.3. The molecule has 0 radical (unpaired) electrons. The highest BCUT2D eigenvalue weighted by Crippen LogP contribution is 2.30. The molecule has 0 bridgehead atoms. The van der Waals surface area contributed by atoms with Gasteiger partial charge in [0.1, 0.15) is 0 Å². The van der Waals surface area contributed by atoms with Crippen molar-refractivity contribution < 1.29 is 9.90 Å². The molecule has 3 heteroatoms. The molecular formula is C9H15NO2. The molecule has 0 amide bonds. The van der Waals surface area contributed by atoms with Crippen LogP contribution in [0.1, 0.15) is 25.7 Å². The van der Waals surface area contributed by atoms with E-state index in [4.69, 9.17) is 5.11 Å². The fourth-order valence-electron chi connectivity index (χ4n) is 2.45. The van der Waals surface area contributed by atoms with Gasteiger partial charge in [-0.15, -0.1) is 0 Å². The van der Waals surface area contributed by atoms with Crippen molar-refractivity contribution in [2.24, 2.45) is 5.92 Å². The summed E-state index contributed by atoms with van der Waals surface area (Å²) in [6.45, 7) is 2.19. The summed E-state index contributed by atoms with van der Waals surface area (Å²) in [7, 11) is 0. The minimum absolute atomic E-state index is 0.0654. The van der Waals surface area contributed by atoms with Gasteiger partial charge in [-0.2, -0.15) is 0 Å². The van der Waals surface area contributed by atoms with E-state index in [1.54, 1.807) is 0 Å². The van der Waals surface area contributed by atoms with E-state index in [2.05, 4.69) is 4.90 Å². The van der Waals surface area contributed by atoms with Crippen molar-refractivity contribution in [3.8, 4) is 0 Å². The number of hydrogen-bond donors (Lipinski definition) is 1. The number of nitrogens with zero attached hydrogens (tertiary/aromatic N) is 1. The van der Waals surface area contributed by atoms with Crippen LogP contribution in [0.3, 0.4) is 0 Å². The zero-order chi connectivity index (χ0) is 8.55. The minimum atomic E-state index is -0.596. The molecule has 0 aliphatic carbocycles. The van der Waals surface area contributed by atoms with Gasteiger partial charge in [-0.25, -0.2) is 0 Å². The molecule has 2 aliphatic rings. The molecule has 2 aliphatic heterocycles. The van der Waals surface area contributed by atoms with Crippen LogP contribution in [0, 0.1) is 5.92 Å². The van der Waals surface area contributed by atoms with E-state index < -0.39 is 5.97 Å². The van der Waals surface area contributed by atoms with Gasteiger partial charge in [-0.1, -0.05) is 0 Å². The summed E-state index contributed by atoms with van der Waals surface area (Å²) in [6, 6.07) is 0.583. The van der Waals surface area contributed by atoms with Gasteiger partial charge in [0.2, 0.25) is 0 Å². The highest BCUT2D eigenvalue weighted by Gasteiger charge is 2.34. The third kappa shape index (κ3) is 1.33. The van der Waals surface area contributed by atoms with Crippen molar-refractivity contribution in [1.29, 1.82) is 0 Å². The second kappa shape index (κ2) is 3.05. The lowest BCUT2D eigenvalue weighted by Gasteiger charge is -2.32. The summed E-state index contributed by atoms with van der Waals surface area (Å²) in [4.78, 5) is 13.2. The lowest BCUT2D eigenvalue weighted by Crippen LogP contribution is -2.40. The smallest absolute Gasteiger partial charge is 0.306 e. The first-order chi connectivity index (χ1) is 5.77. The van der Waals surface area contributed by atoms with Crippen LogP contribution in [0.2, 0.25) is 0 Å². The first-order valence-electron chi connectivity index (χ1n) is 4.74. The maximum atomic E-state index is 10.7. The van der Waals surface area contributed by atoms with Crippen molar-refractivity contribution in [2.45, 2.75) is 31.7 Å². The third-order valence-corrected chi connectivity index (χ3v) is 3.17. The van der Waals surface area contributed by atoms with Gasteiger partial charge in [-0.05, 0) is 38.8 Å². The van der Waals surface area contributed by atoms with Crippen LogP contribution < -0.4 is 0 Å². The van der Waals surface area contributed by atoms with Crippen molar-refractivity contribution >= 4 is 5.97 Å². The molecule has 0 aromatic heterocycles. The first kappa shape index (κ1) is 8.05. The van der Waals surface area contributed by atoms with Crippen LogP contribution >= 0.6 is 0 Å². The minimum Gasteiger partial charge on any atom is -0.481 e. The number of hydrogen-bond acceptors (Lipinski definition) is 2. The number of rotatable bonds is 1. The van der Waals surface area contributed by atoms with Crippen molar-refractivity contribution in [2.75, 3.05) is 13.1 Å². The lowest BCUT2D eigenvalue weighted by molar-refractivity contribution is -0.143. The van der Waals surface area contributed by atoms with Crippen molar-refractivity contribution in [3.05, 3.63) is 0 Å². The number of piperidine rings is 1.